The van der Waals surface area contributed by atoms with Gasteiger partial charge in [-0.3, -0.25) is 0 Å². The Morgan fingerprint density at radius 1 is 1.44 bits per heavy atom. The van der Waals surface area contributed by atoms with E-state index < -0.39 is 0 Å². The summed E-state index contributed by atoms with van der Waals surface area (Å²) in [5.41, 5.74) is 0. The molecule has 0 aliphatic rings. The maximum Gasteiger partial charge on any atom is 0.0896 e. The standard InChI is InChI=1S/C13H24N2S/c1-4-5-6-7-11(2)14-9-8-13-10-15-12(3)16-13/h10-11,14H,4-9H2,1-3H3. The Labute approximate surface area is 103 Å². The molecule has 0 saturated heterocycles. The molecule has 0 aromatic carbocycles. The molecule has 0 radical (unpaired) electrons. The first-order valence-corrected chi connectivity index (χ1v) is 7.18. The van der Waals surface area contributed by atoms with E-state index in [9.17, 15) is 0 Å². The molecule has 92 valence electrons. The monoisotopic (exact) mass is 240 g/mol. The summed E-state index contributed by atoms with van der Waals surface area (Å²) in [4.78, 5) is 5.66. The van der Waals surface area contributed by atoms with Crippen LogP contribution < -0.4 is 5.32 Å². The average molecular weight is 240 g/mol. The van der Waals surface area contributed by atoms with E-state index in [1.54, 1.807) is 0 Å². The molecular weight excluding hydrogens is 216 g/mol. The number of aromatic nitrogens is 1. The Balaban J connectivity index is 2.06. The van der Waals surface area contributed by atoms with E-state index in [1.807, 2.05) is 17.5 Å². The molecular formula is C13H24N2S. The third-order valence-electron chi connectivity index (χ3n) is 2.77. The molecule has 16 heavy (non-hydrogen) atoms. The molecule has 1 rings (SSSR count). The minimum Gasteiger partial charge on any atom is -0.314 e. The van der Waals surface area contributed by atoms with Crippen molar-refractivity contribution in [2.45, 2.75) is 58.9 Å². The van der Waals surface area contributed by atoms with Gasteiger partial charge in [-0.1, -0.05) is 26.2 Å². The van der Waals surface area contributed by atoms with E-state index in [-0.39, 0.29) is 0 Å². The summed E-state index contributed by atoms with van der Waals surface area (Å²) in [6.45, 7) is 7.68. The minimum absolute atomic E-state index is 0.653. The lowest BCUT2D eigenvalue weighted by atomic mass is 10.1. The van der Waals surface area contributed by atoms with Crippen molar-refractivity contribution >= 4 is 11.3 Å². The second kappa shape index (κ2) is 7.80. The summed E-state index contributed by atoms with van der Waals surface area (Å²) >= 11 is 1.81. The van der Waals surface area contributed by atoms with Crippen LogP contribution in [0, 0.1) is 6.92 Å². The molecule has 0 aliphatic heterocycles. The van der Waals surface area contributed by atoms with Crippen LogP contribution in [0.1, 0.15) is 49.4 Å². The Morgan fingerprint density at radius 3 is 2.88 bits per heavy atom. The van der Waals surface area contributed by atoms with Crippen molar-refractivity contribution in [3.63, 3.8) is 0 Å². The van der Waals surface area contributed by atoms with Gasteiger partial charge >= 0.3 is 0 Å². The first-order chi connectivity index (χ1) is 7.72. The first-order valence-electron chi connectivity index (χ1n) is 6.37. The van der Waals surface area contributed by atoms with E-state index in [4.69, 9.17) is 0 Å². The van der Waals surface area contributed by atoms with Crippen LogP contribution in [-0.2, 0) is 6.42 Å². The number of hydrogen-bond acceptors (Lipinski definition) is 3. The van der Waals surface area contributed by atoms with Crippen LogP contribution in [0.25, 0.3) is 0 Å². The van der Waals surface area contributed by atoms with E-state index >= 15 is 0 Å². The summed E-state index contributed by atoms with van der Waals surface area (Å²) in [6.07, 6.45) is 8.44. The Bertz CT molecular complexity index is 283. The highest BCUT2D eigenvalue weighted by Gasteiger charge is 2.02. The van der Waals surface area contributed by atoms with Gasteiger partial charge in [0, 0.05) is 23.7 Å². The van der Waals surface area contributed by atoms with Gasteiger partial charge in [-0.25, -0.2) is 4.98 Å². The lowest BCUT2D eigenvalue weighted by Crippen LogP contribution is -2.27. The van der Waals surface area contributed by atoms with Crippen LogP contribution in [0.3, 0.4) is 0 Å². The van der Waals surface area contributed by atoms with Gasteiger partial charge in [-0.15, -0.1) is 11.3 Å². The third kappa shape index (κ3) is 5.61. The fraction of sp³-hybridized carbons (Fsp3) is 0.769. The van der Waals surface area contributed by atoms with Crippen LogP contribution in [0.4, 0.5) is 0 Å². The van der Waals surface area contributed by atoms with Gasteiger partial charge in [0.15, 0.2) is 0 Å². The molecule has 3 heteroatoms. The highest BCUT2D eigenvalue weighted by Crippen LogP contribution is 2.11. The quantitative estimate of drug-likeness (QED) is 0.703. The molecule has 0 bridgehead atoms. The van der Waals surface area contributed by atoms with Crippen molar-refractivity contribution in [1.82, 2.24) is 10.3 Å². The second-order valence-corrected chi connectivity index (χ2v) is 5.77. The summed E-state index contributed by atoms with van der Waals surface area (Å²) in [6, 6.07) is 0.653. The Morgan fingerprint density at radius 2 is 2.25 bits per heavy atom. The Kier molecular flexibility index (Phi) is 6.65. The molecule has 1 aromatic heterocycles. The van der Waals surface area contributed by atoms with Gasteiger partial charge in [0.25, 0.3) is 0 Å². The first kappa shape index (κ1) is 13.7. The molecule has 0 saturated carbocycles. The molecule has 1 aromatic rings. The zero-order chi connectivity index (χ0) is 11.8. The molecule has 2 nitrogen and oxygen atoms in total. The van der Waals surface area contributed by atoms with Crippen LogP contribution in [0.2, 0.25) is 0 Å². The van der Waals surface area contributed by atoms with Crippen LogP contribution in [0.15, 0.2) is 6.20 Å². The van der Waals surface area contributed by atoms with Crippen molar-refractivity contribution in [3.05, 3.63) is 16.1 Å². The molecule has 1 unspecified atom stereocenters. The molecule has 1 N–H and O–H groups in total. The number of hydrogen-bond donors (Lipinski definition) is 1. The number of aryl methyl sites for hydroxylation is 1. The lowest BCUT2D eigenvalue weighted by Gasteiger charge is -2.12. The van der Waals surface area contributed by atoms with E-state index in [0.717, 1.165) is 13.0 Å². The SMILES string of the molecule is CCCCCC(C)NCCc1cnc(C)s1. The van der Waals surface area contributed by atoms with Gasteiger partial charge in [0.05, 0.1) is 5.01 Å². The van der Waals surface area contributed by atoms with Crippen molar-refractivity contribution in [1.29, 1.82) is 0 Å². The normalized spacial score (nSPS) is 12.9. The second-order valence-electron chi connectivity index (χ2n) is 4.45. The fourth-order valence-electron chi connectivity index (χ4n) is 1.77. The maximum absolute atomic E-state index is 4.27. The number of rotatable bonds is 8. The molecule has 0 fully saturated rings. The van der Waals surface area contributed by atoms with Crippen molar-refractivity contribution in [2.75, 3.05) is 6.54 Å². The summed E-state index contributed by atoms with van der Waals surface area (Å²) in [7, 11) is 0. The summed E-state index contributed by atoms with van der Waals surface area (Å²) < 4.78 is 0. The predicted octanol–water partition coefficient (Wildman–Crippen LogP) is 3.55. The van der Waals surface area contributed by atoms with Crippen LogP contribution >= 0.6 is 11.3 Å². The fourth-order valence-corrected chi connectivity index (χ4v) is 2.56. The molecule has 1 heterocycles. The van der Waals surface area contributed by atoms with Crippen LogP contribution in [0.5, 0.6) is 0 Å². The predicted molar refractivity (Wildman–Crippen MR) is 72.2 cm³/mol. The van der Waals surface area contributed by atoms with Gasteiger partial charge < -0.3 is 5.32 Å². The van der Waals surface area contributed by atoms with E-state index in [0.29, 0.717) is 6.04 Å². The molecule has 1 atom stereocenters. The number of nitrogens with one attached hydrogen (secondary N) is 1. The van der Waals surface area contributed by atoms with E-state index in [1.165, 1.54) is 35.6 Å². The highest BCUT2D eigenvalue weighted by atomic mass is 32.1. The zero-order valence-electron chi connectivity index (χ0n) is 10.8. The molecule has 0 spiro atoms. The van der Waals surface area contributed by atoms with Gasteiger partial charge in [-0.05, 0) is 26.7 Å². The summed E-state index contributed by atoms with van der Waals surface area (Å²) in [5, 5.41) is 4.75. The van der Waals surface area contributed by atoms with Crippen molar-refractivity contribution in [2.24, 2.45) is 0 Å². The van der Waals surface area contributed by atoms with Gasteiger partial charge in [0.2, 0.25) is 0 Å². The number of nitrogens with zero attached hydrogens (tertiary/aromatic N) is 1. The van der Waals surface area contributed by atoms with Gasteiger partial charge in [-0.2, -0.15) is 0 Å². The molecule has 0 aliphatic carbocycles. The lowest BCUT2D eigenvalue weighted by molar-refractivity contribution is 0.491. The Hall–Kier alpha value is -0.410. The largest absolute Gasteiger partial charge is 0.314 e. The smallest absolute Gasteiger partial charge is 0.0896 e. The third-order valence-corrected chi connectivity index (χ3v) is 3.75. The number of unbranched alkanes of at least 4 members (excludes halogenated alkanes) is 2. The maximum atomic E-state index is 4.27. The topological polar surface area (TPSA) is 24.9 Å². The molecule has 0 amide bonds. The highest BCUT2D eigenvalue weighted by molar-refractivity contribution is 7.11. The average Bonchev–Trinajstić information content (AvgIpc) is 2.65. The van der Waals surface area contributed by atoms with Crippen molar-refractivity contribution in [3.8, 4) is 0 Å². The van der Waals surface area contributed by atoms with Crippen molar-refractivity contribution < 1.29 is 0 Å². The van der Waals surface area contributed by atoms with E-state index in [2.05, 4.69) is 31.1 Å². The minimum atomic E-state index is 0.653. The van der Waals surface area contributed by atoms with Gasteiger partial charge in [0.1, 0.15) is 0 Å². The van der Waals surface area contributed by atoms with Crippen LogP contribution in [-0.4, -0.2) is 17.6 Å². The number of thiazole rings is 1. The summed E-state index contributed by atoms with van der Waals surface area (Å²) in [5.74, 6) is 0. The zero-order valence-corrected chi connectivity index (χ0v) is 11.6.